The van der Waals surface area contributed by atoms with Crippen molar-refractivity contribution in [3.8, 4) is 17.1 Å². The van der Waals surface area contributed by atoms with Gasteiger partial charge < -0.3 is 4.74 Å². The second-order valence-corrected chi connectivity index (χ2v) is 7.97. The van der Waals surface area contributed by atoms with Crippen molar-refractivity contribution >= 4 is 0 Å². The first-order valence-electron chi connectivity index (χ1n) is 11.2. The molecule has 3 nitrogen and oxygen atoms in total. The normalized spacial score (nSPS) is 11.5. The fourth-order valence-electron chi connectivity index (χ4n) is 3.53. The average Bonchev–Trinajstić information content (AvgIpc) is 2.78. The number of rotatable bonds is 11. The lowest BCUT2D eigenvalue weighted by molar-refractivity contribution is -0.274. The Kier molecular flexibility index (Phi) is 8.65. The summed E-state index contributed by atoms with van der Waals surface area (Å²) in [5.41, 5.74) is 4.25. The van der Waals surface area contributed by atoms with E-state index in [0.717, 1.165) is 36.0 Å². The van der Waals surface area contributed by atoms with E-state index in [0.29, 0.717) is 5.82 Å². The van der Waals surface area contributed by atoms with Crippen molar-refractivity contribution < 1.29 is 17.9 Å². The van der Waals surface area contributed by atoms with E-state index in [1.165, 1.54) is 49.8 Å². The second-order valence-electron chi connectivity index (χ2n) is 7.97. The Morgan fingerprint density at radius 3 is 1.81 bits per heavy atom. The topological polar surface area (TPSA) is 35.0 Å². The summed E-state index contributed by atoms with van der Waals surface area (Å²) < 4.78 is 40.6. The fraction of sp³-hybridized carbons (Fsp3) is 0.385. The maximum Gasteiger partial charge on any atom is 0.573 e. The third-order valence-electron chi connectivity index (χ3n) is 5.35. The lowest BCUT2D eigenvalue weighted by Crippen LogP contribution is -2.17. The number of hydrogen-bond acceptors (Lipinski definition) is 3. The zero-order valence-electron chi connectivity index (χ0n) is 18.4. The van der Waals surface area contributed by atoms with Gasteiger partial charge >= 0.3 is 6.36 Å². The Labute approximate surface area is 187 Å². The molecule has 0 radical (unpaired) electrons. The summed E-state index contributed by atoms with van der Waals surface area (Å²) in [5.74, 6) is 0.514. The van der Waals surface area contributed by atoms with Gasteiger partial charge in [-0.3, -0.25) is 0 Å². The van der Waals surface area contributed by atoms with Gasteiger partial charge in [-0.25, -0.2) is 9.97 Å². The summed E-state index contributed by atoms with van der Waals surface area (Å²) in [6, 6.07) is 14.1. The van der Waals surface area contributed by atoms with Gasteiger partial charge in [-0.1, -0.05) is 69.0 Å². The van der Waals surface area contributed by atoms with Gasteiger partial charge in [0.2, 0.25) is 0 Å². The Hall–Kier alpha value is -2.89. The number of hydrogen-bond donors (Lipinski definition) is 0. The first-order chi connectivity index (χ1) is 15.4. The molecular weight excluding hydrogens is 413 g/mol. The number of alkyl halides is 3. The molecule has 0 bridgehead atoms. The first kappa shape index (κ1) is 23.8. The SMILES string of the molecule is CCCCCCCc1cnc(-c2ccc(CCc3ccc(OC(F)(F)F)cc3)cc2)nc1. The molecule has 0 unspecified atom stereocenters. The van der Waals surface area contributed by atoms with Gasteiger partial charge in [-0.05, 0) is 54.5 Å². The molecule has 0 aliphatic carbocycles. The fourth-order valence-corrected chi connectivity index (χ4v) is 3.53. The van der Waals surface area contributed by atoms with Crippen molar-refractivity contribution in [2.24, 2.45) is 0 Å². The molecule has 0 atom stereocenters. The van der Waals surface area contributed by atoms with E-state index < -0.39 is 6.36 Å². The van der Waals surface area contributed by atoms with Crippen LogP contribution in [0.5, 0.6) is 5.75 Å². The monoisotopic (exact) mass is 442 g/mol. The van der Waals surface area contributed by atoms with E-state index in [-0.39, 0.29) is 5.75 Å². The molecule has 32 heavy (non-hydrogen) atoms. The number of nitrogens with zero attached hydrogens (tertiary/aromatic N) is 2. The molecule has 0 fully saturated rings. The molecule has 0 spiro atoms. The number of unbranched alkanes of at least 4 members (excludes halogenated alkanes) is 4. The van der Waals surface area contributed by atoms with Crippen molar-refractivity contribution in [2.45, 2.75) is 64.7 Å². The highest BCUT2D eigenvalue weighted by molar-refractivity contribution is 5.55. The molecule has 1 aromatic heterocycles. The molecule has 0 N–H and O–H groups in total. The molecule has 6 heteroatoms. The Balaban J connectivity index is 1.48. The standard InChI is InChI=1S/C26H29F3N2O/c1-2-3-4-5-6-7-22-18-30-25(31-19-22)23-14-10-20(11-15-23)8-9-21-12-16-24(17-13-21)32-26(27,28)29/h10-19H,2-9H2,1H3. The van der Waals surface area contributed by atoms with Crippen molar-refractivity contribution in [1.82, 2.24) is 9.97 Å². The number of aromatic nitrogens is 2. The lowest BCUT2D eigenvalue weighted by Gasteiger charge is -2.09. The number of ether oxygens (including phenoxy) is 1. The second kappa shape index (κ2) is 11.7. The van der Waals surface area contributed by atoms with E-state index in [4.69, 9.17) is 0 Å². The van der Waals surface area contributed by atoms with Crippen molar-refractivity contribution in [2.75, 3.05) is 0 Å². The predicted octanol–water partition coefficient (Wildman–Crippen LogP) is 7.34. The number of halogens is 3. The third-order valence-corrected chi connectivity index (χ3v) is 5.35. The Morgan fingerprint density at radius 2 is 1.25 bits per heavy atom. The van der Waals surface area contributed by atoms with Gasteiger partial charge in [0, 0.05) is 18.0 Å². The largest absolute Gasteiger partial charge is 0.573 e. The van der Waals surface area contributed by atoms with E-state index in [9.17, 15) is 13.2 Å². The lowest BCUT2D eigenvalue weighted by atomic mass is 10.0. The third kappa shape index (κ3) is 7.98. The Bertz CT molecular complexity index is 937. The van der Waals surface area contributed by atoms with Crippen molar-refractivity contribution in [1.29, 1.82) is 0 Å². The maximum absolute atomic E-state index is 12.2. The van der Waals surface area contributed by atoms with Crippen LogP contribution in [0.25, 0.3) is 11.4 Å². The zero-order valence-corrected chi connectivity index (χ0v) is 18.4. The summed E-state index contributed by atoms with van der Waals surface area (Å²) in [7, 11) is 0. The minimum Gasteiger partial charge on any atom is -0.406 e. The maximum atomic E-state index is 12.2. The van der Waals surface area contributed by atoms with Crippen LogP contribution in [0, 0.1) is 0 Å². The van der Waals surface area contributed by atoms with Crippen LogP contribution >= 0.6 is 0 Å². The van der Waals surface area contributed by atoms with Crippen LogP contribution in [0.1, 0.15) is 55.7 Å². The predicted molar refractivity (Wildman–Crippen MR) is 120 cm³/mol. The van der Waals surface area contributed by atoms with Gasteiger partial charge in [0.05, 0.1) is 0 Å². The van der Waals surface area contributed by atoms with Crippen LogP contribution in [0.2, 0.25) is 0 Å². The van der Waals surface area contributed by atoms with Crippen molar-refractivity contribution in [3.05, 3.63) is 77.6 Å². The first-order valence-corrected chi connectivity index (χ1v) is 11.2. The summed E-state index contributed by atoms with van der Waals surface area (Å²) in [5, 5.41) is 0. The van der Waals surface area contributed by atoms with Gasteiger partial charge in [0.15, 0.2) is 5.82 Å². The minimum atomic E-state index is -4.67. The van der Waals surface area contributed by atoms with Crippen molar-refractivity contribution in [3.63, 3.8) is 0 Å². The van der Waals surface area contributed by atoms with Crippen LogP contribution in [0.15, 0.2) is 60.9 Å². The van der Waals surface area contributed by atoms with E-state index in [1.54, 1.807) is 12.1 Å². The van der Waals surface area contributed by atoms with Crippen LogP contribution in [-0.4, -0.2) is 16.3 Å². The van der Waals surface area contributed by atoms with Crippen LogP contribution in [0.4, 0.5) is 13.2 Å². The van der Waals surface area contributed by atoms with Crippen LogP contribution < -0.4 is 4.74 Å². The van der Waals surface area contributed by atoms with E-state index in [1.807, 2.05) is 36.7 Å². The highest BCUT2D eigenvalue weighted by Gasteiger charge is 2.30. The molecule has 0 saturated heterocycles. The van der Waals surface area contributed by atoms with Gasteiger partial charge in [0.1, 0.15) is 5.75 Å². The van der Waals surface area contributed by atoms with Crippen LogP contribution in [0.3, 0.4) is 0 Å². The van der Waals surface area contributed by atoms with Gasteiger partial charge in [0.25, 0.3) is 0 Å². The average molecular weight is 443 g/mol. The summed E-state index contributed by atoms with van der Waals surface area (Å²) in [4.78, 5) is 9.04. The molecular formula is C26H29F3N2O. The summed E-state index contributed by atoms with van der Waals surface area (Å²) in [6.07, 6.45) is 7.99. The summed E-state index contributed by atoms with van der Waals surface area (Å²) in [6.45, 7) is 2.22. The minimum absolute atomic E-state index is 0.201. The summed E-state index contributed by atoms with van der Waals surface area (Å²) >= 11 is 0. The highest BCUT2D eigenvalue weighted by atomic mass is 19.4. The van der Waals surface area contributed by atoms with E-state index in [2.05, 4.69) is 21.6 Å². The molecule has 0 saturated carbocycles. The molecule has 170 valence electrons. The Morgan fingerprint density at radius 1 is 0.688 bits per heavy atom. The van der Waals surface area contributed by atoms with Gasteiger partial charge in [-0.2, -0.15) is 0 Å². The zero-order chi connectivity index (χ0) is 22.8. The number of aryl methyl sites for hydroxylation is 3. The number of benzene rings is 2. The van der Waals surface area contributed by atoms with Crippen LogP contribution in [-0.2, 0) is 19.3 Å². The van der Waals surface area contributed by atoms with Gasteiger partial charge in [-0.15, -0.1) is 13.2 Å². The molecule has 0 aliphatic heterocycles. The molecule has 1 heterocycles. The van der Waals surface area contributed by atoms with E-state index >= 15 is 0 Å². The highest BCUT2D eigenvalue weighted by Crippen LogP contribution is 2.23. The molecule has 0 amide bonds. The molecule has 3 aromatic rings. The molecule has 3 rings (SSSR count). The quantitative estimate of drug-likeness (QED) is 0.291. The molecule has 0 aliphatic rings. The molecule has 2 aromatic carbocycles. The smallest absolute Gasteiger partial charge is 0.406 e.